The zero-order chi connectivity index (χ0) is 15.3. The SMILES string of the molecule is CCC(CC)NC(=O)C(C)Oc1cc(F)c(Br)cc1N. The normalized spacial score (nSPS) is 12.3. The third kappa shape index (κ3) is 4.37. The van der Waals surface area contributed by atoms with Gasteiger partial charge in [-0.3, -0.25) is 4.79 Å². The van der Waals surface area contributed by atoms with Crippen molar-refractivity contribution < 1.29 is 13.9 Å². The summed E-state index contributed by atoms with van der Waals surface area (Å²) in [4.78, 5) is 12.0. The lowest BCUT2D eigenvalue weighted by Gasteiger charge is -2.20. The van der Waals surface area contributed by atoms with Crippen molar-refractivity contribution in [3.05, 3.63) is 22.4 Å². The minimum Gasteiger partial charge on any atom is -0.479 e. The molecule has 0 spiro atoms. The molecule has 0 bridgehead atoms. The van der Waals surface area contributed by atoms with E-state index in [1.807, 2.05) is 13.8 Å². The fourth-order valence-electron chi connectivity index (χ4n) is 1.70. The van der Waals surface area contributed by atoms with Crippen LogP contribution in [0.25, 0.3) is 0 Å². The van der Waals surface area contributed by atoms with Crippen molar-refractivity contribution in [1.82, 2.24) is 5.32 Å². The number of carbonyl (C=O) groups is 1. The van der Waals surface area contributed by atoms with Gasteiger partial charge in [0.05, 0.1) is 10.2 Å². The molecule has 1 unspecified atom stereocenters. The van der Waals surface area contributed by atoms with Crippen LogP contribution in [-0.2, 0) is 4.79 Å². The summed E-state index contributed by atoms with van der Waals surface area (Å²) >= 11 is 3.04. The Kier molecular flexibility index (Phi) is 6.26. The van der Waals surface area contributed by atoms with Crippen LogP contribution in [0.3, 0.4) is 0 Å². The van der Waals surface area contributed by atoms with Crippen molar-refractivity contribution in [1.29, 1.82) is 0 Å². The standard InChI is InChI=1S/C14H20BrFN2O2/c1-4-9(5-2)18-14(19)8(3)20-13-7-11(16)10(15)6-12(13)17/h6-9H,4-5,17H2,1-3H3,(H,18,19). The Bertz CT molecular complexity index is 478. The van der Waals surface area contributed by atoms with Crippen LogP contribution in [0.2, 0.25) is 0 Å². The zero-order valence-corrected chi connectivity index (χ0v) is 13.5. The lowest BCUT2D eigenvalue weighted by atomic mass is 10.1. The lowest BCUT2D eigenvalue weighted by Crippen LogP contribution is -2.42. The van der Waals surface area contributed by atoms with Gasteiger partial charge in [-0.15, -0.1) is 0 Å². The molecular weight excluding hydrogens is 327 g/mol. The number of anilines is 1. The van der Waals surface area contributed by atoms with Crippen LogP contribution in [0.15, 0.2) is 16.6 Å². The van der Waals surface area contributed by atoms with Gasteiger partial charge < -0.3 is 15.8 Å². The number of benzene rings is 1. The summed E-state index contributed by atoms with van der Waals surface area (Å²) in [5.41, 5.74) is 6.02. The van der Waals surface area contributed by atoms with Crippen LogP contribution < -0.4 is 15.8 Å². The van der Waals surface area contributed by atoms with Gasteiger partial charge in [-0.2, -0.15) is 0 Å². The fourth-order valence-corrected chi connectivity index (χ4v) is 2.06. The molecule has 0 aromatic heterocycles. The number of nitrogens with two attached hydrogens (primary N) is 1. The van der Waals surface area contributed by atoms with E-state index < -0.39 is 11.9 Å². The second-order valence-corrected chi connectivity index (χ2v) is 5.44. The summed E-state index contributed by atoms with van der Waals surface area (Å²) in [5, 5.41) is 2.87. The van der Waals surface area contributed by atoms with E-state index in [-0.39, 0.29) is 27.9 Å². The third-order valence-electron chi connectivity index (χ3n) is 3.06. The first kappa shape index (κ1) is 16.8. The molecule has 0 heterocycles. The van der Waals surface area contributed by atoms with E-state index in [2.05, 4.69) is 21.2 Å². The number of hydrogen-bond donors (Lipinski definition) is 2. The molecular formula is C14H20BrFN2O2. The van der Waals surface area contributed by atoms with Gasteiger partial charge in [-0.05, 0) is 41.8 Å². The van der Waals surface area contributed by atoms with E-state index in [0.29, 0.717) is 0 Å². The fraction of sp³-hybridized carbons (Fsp3) is 0.500. The summed E-state index contributed by atoms with van der Waals surface area (Å²) in [5.74, 6) is -0.555. The number of halogens is 2. The molecule has 0 aliphatic carbocycles. The minimum absolute atomic E-state index is 0.118. The number of ether oxygens (including phenoxy) is 1. The molecule has 1 rings (SSSR count). The molecule has 6 heteroatoms. The molecule has 1 aromatic rings. The van der Waals surface area contributed by atoms with Gasteiger partial charge in [0, 0.05) is 12.1 Å². The summed E-state index contributed by atoms with van der Waals surface area (Å²) < 4.78 is 19.1. The van der Waals surface area contributed by atoms with Gasteiger partial charge >= 0.3 is 0 Å². The van der Waals surface area contributed by atoms with Crippen LogP contribution >= 0.6 is 15.9 Å². The van der Waals surface area contributed by atoms with Crippen LogP contribution in [0, 0.1) is 5.82 Å². The lowest BCUT2D eigenvalue weighted by molar-refractivity contribution is -0.128. The second-order valence-electron chi connectivity index (χ2n) is 4.59. The van der Waals surface area contributed by atoms with E-state index in [1.165, 1.54) is 12.1 Å². The Morgan fingerprint density at radius 1 is 1.45 bits per heavy atom. The molecule has 112 valence electrons. The topological polar surface area (TPSA) is 64.3 Å². The molecule has 0 fully saturated rings. The van der Waals surface area contributed by atoms with E-state index in [0.717, 1.165) is 12.8 Å². The Morgan fingerprint density at radius 3 is 2.60 bits per heavy atom. The van der Waals surface area contributed by atoms with Gasteiger partial charge in [-0.25, -0.2) is 4.39 Å². The number of nitrogens with one attached hydrogen (secondary N) is 1. The van der Waals surface area contributed by atoms with Gasteiger partial charge in [0.15, 0.2) is 6.10 Å². The molecule has 1 amide bonds. The van der Waals surface area contributed by atoms with Gasteiger partial charge in [-0.1, -0.05) is 13.8 Å². The first-order valence-electron chi connectivity index (χ1n) is 6.60. The predicted octanol–water partition coefficient (Wildman–Crippen LogP) is 3.24. The average Bonchev–Trinajstić information content (AvgIpc) is 2.41. The van der Waals surface area contributed by atoms with Crippen molar-refractivity contribution in [3.63, 3.8) is 0 Å². The number of nitrogen functional groups attached to an aromatic ring is 1. The van der Waals surface area contributed by atoms with Crippen LogP contribution in [0.4, 0.5) is 10.1 Å². The molecule has 0 saturated carbocycles. The summed E-state index contributed by atoms with van der Waals surface area (Å²) in [7, 11) is 0. The molecule has 0 aliphatic rings. The quantitative estimate of drug-likeness (QED) is 0.777. The maximum atomic E-state index is 13.4. The average molecular weight is 347 g/mol. The number of amides is 1. The van der Waals surface area contributed by atoms with Gasteiger partial charge in [0.25, 0.3) is 5.91 Å². The van der Waals surface area contributed by atoms with Crippen molar-refractivity contribution in [2.45, 2.75) is 45.8 Å². The highest BCUT2D eigenvalue weighted by molar-refractivity contribution is 9.10. The minimum atomic E-state index is -0.738. The van der Waals surface area contributed by atoms with Crippen molar-refractivity contribution in [3.8, 4) is 5.75 Å². The Hall–Kier alpha value is -1.30. The first-order chi connectivity index (χ1) is 9.38. The van der Waals surface area contributed by atoms with Gasteiger partial charge in [0.2, 0.25) is 0 Å². The maximum Gasteiger partial charge on any atom is 0.260 e. The molecule has 0 radical (unpaired) electrons. The molecule has 0 saturated heterocycles. The van der Waals surface area contributed by atoms with E-state index in [1.54, 1.807) is 6.92 Å². The predicted molar refractivity (Wildman–Crippen MR) is 81.1 cm³/mol. The molecule has 20 heavy (non-hydrogen) atoms. The summed E-state index contributed by atoms with van der Waals surface area (Å²) in [6.07, 6.45) is 0.965. The first-order valence-corrected chi connectivity index (χ1v) is 7.39. The second kappa shape index (κ2) is 7.47. The molecule has 4 nitrogen and oxygen atoms in total. The van der Waals surface area contributed by atoms with Crippen molar-refractivity contribution in [2.75, 3.05) is 5.73 Å². The highest BCUT2D eigenvalue weighted by Crippen LogP contribution is 2.29. The Labute approximate surface area is 127 Å². The third-order valence-corrected chi connectivity index (χ3v) is 3.67. The Morgan fingerprint density at radius 2 is 2.05 bits per heavy atom. The van der Waals surface area contributed by atoms with Crippen LogP contribution in [-0.4, -0.2) is 18.1 Å². The molecule has 0 aliphatic heterocycles. The highest BCUT2D eigenvalue weighted by atomic mass is 79.9. The van der Waals surface area contributed by atoms with Crippen LogP contribution in [0.5, 0.6) is 5.75 Å². The number of carbonyl (C=O) groups excluding carboxylic acids is 1. The Balaban J connectivity index is 2.73. The van der Waals surface area contributed by atoms with Crippen molar-refractivity contribution in [2.24, 2.45) is 0 Å². The number of rotatable bonds is 6. The van der Waals surface area contributed by atoms with Gasteiger partial charge in [0.1, 0.15) is 11.6 Å². The number of hydrogen-bond acceptors (Lipinski definition) is 3. The smallest absolute Gasteiger partial charge is 0.260 e. The van der Waals surface area contributed by atoms with Crippen LogP contribution in [0.1, 0.15) is 33.6 Å². The zero-order valence-electron chi connectivity index (χ0n) is 11.9. The molecule has 1 atom stereocenters. The van der Waals surface area contributed by atoms with E-state index in [4.69, 9.17) is 10.5 Å². The molecule has 1 aromatic carbocycles. The van der Waals surface area contributed by atoms with Crippen molar-refractivity contribution >= 4 is 27.5 Å². The van der Waals surface area contributed by atoms with E-state index in [9.17, 15) is 9.18 Å². The largest absolute Gasteiger partial charge is 0.479 e. The summed E-state index contributed by atoms with van der Waals surface area (Å²) in [6, 6.07) is 2.70. The monoisotopic (exact) mass is 346 g/mol. The maximum absolute atomic E-state index is 13.4. The molecule has 3 N–H and O–H groups in total. The highest BCUT2D eigenvalue weighted by Gasteiger charge is 2.19. The van der Waals surface area contributed by atoms with E-state index >= 15 is 0 Å². The summed E-state index contributed by atoms with van der Waals surface area (Å²) in [6.45, 7) is 5.61.